The first-order valence-electron chi connectivity index (χ1n) is 7.14. The maximum Gasteiger partial charge on any atom is 0.186 e. The van der Waals surface area contributed by atoms with Gasteiger partial charge in [0.2, 0.25) is 0 Å². The second kappa shape index (κ2) is 6.30. The van der Waals surface area contributed by atoms with E-state index < -0.39 is 5.82 Å². The molecular weight excluding hydrogens is 336 g/mol. The van der Waals surface area contributed by atoms with E-state index in [1.54, 1.807) is 28.9 Å². The number of halogens is 3. The van der Waals surface area contributed by atoms with Crippen LogP contribution in [0.1, 0.15) is 25.6 Å². The zero-order valence-electron chi connectivity index (χ0n) is 12.6. The van der Waals surface area contributed by atoms with Crippen LogP contribution in [0.3, 0.4) is 0 Å². The van der Waals surface area contributed by atoms with Crippen molar-refractivity contribution in [1.29, 1.82) is 0 Å². The Morgan fingerprint density at radius 3 is 2.35 bits per heavy atom. The second-order valence-corrected chi connectivity index (χ2v) is 6.28. The first kappa shape index (κ1) is 16.0. The third-order valence-corrected chi connectivity index (χ3v) is 3.97. The van der Waals surface area contributed by atoms with Crippen molar-refractivity contribution in [1.82, 2.24) is 14.8 Å². The predicted molar refractivity (Wildman–Crippen MR) is 90.9 cm³/mol. The van der Waals surface area contributed by atoms with Gasteiger partial charge in [0.15, 0.2) is 5.82 Å². The van der Waals surface area contributed by atoms with Crippen LogP contribution in [0.25, 0.3) is 17.1 Å². The average Bonchev–Trinajstić information content (AvgIpc) is 2.93. The molecule has 2 aromatic carbocycles. The monoisotopic (exact) mass is 349 g/mol. The van der Waals surface area contributed by atoms with Crippen molar-refractivity contribution in [3.05, 3.63) is 64.2 Å². The van der Waals surface area contributed by atoms with Crippen LogP contribution in [0.2, 0.25) is 10.0 Å². The minimum atomic E-state index is -0.443. The van der Waals surface area contributed by atoms with Gasteiger partial charge >= 0.3 is 0 Å². The molecule has 0 fully saturated rings. The van der Waals surface area contributed by atoms with E-state index in [4.69, 9.17) is 23.2 Å². The van der Waals surface area contributed by atoms with E-state index in [1.165, 1.54) is 6.07 Å². The summed E-state index contributed by atoms with van der Waals surface area (Å²) in [6.07, 6.45) is 0. The Kier molecular flexibility index (Phi) is 4.37. The molecule has 0 aliphatic rings. The van der Waals surface area contributed by atoms with Crippen LogP contribution in [0.15, 0.2) is 42.5 Å². The Balaban J connectivity index is 2.18. The van der Waals surface area contributed by atoms with Gasteiger partial charge in [0.25, 0.3) is 0 Å². The van der Waals surface area contributed by atoms with Gasteiger partial charge in [-0.1, -0.05) is 43.1 Å². The maximum atomic E-state index is 14.1. The number of hydrogen-bond donors (Lipinski definition) is 0. The van der Waals surface area contributed by atoms with Gasteiger partial charge in [0.1, 0.15) is 11.6 Å². The summed E-state index contributed by atoms with van der Waals surface area (Å²) in [5, 5.41) is 5.38. The van der Waals surface area contributed by atoms with E-state index in [0.717, 1.165) is 11.5 Å². The van der Waals surface area contributed by atoms with Crippen molar-refractivity contribution in [2.24, 2.45) is 0 Å². The van der Waals surface area contributed by atoms with Gasteiger partial charge in [-0.15, -0.1) is 5.10 Å². The van der Waals surface area contributed by atoms with E-state index in [9.17, 15) is 4.39 Å². The number of hydrogen-bond acceptors (Lipinski definition) is 2. The van der Waals surface area contributed by atoms with Gasteiger partial charge in [0.05, 0.1) is 16.3 Å². The molecule has 23 heavy (non-hydrogen) atoms. The number of nitrogens with zero attached hydrogens (tertiary/aromatic N) is 3. The molecule has 3 aromatic rings. The maximum absolute atomic E-state index is 14.1. The SMILES string of the molecule is CC(C)c1nc(-c2c(F)cccc2Cl)nn1-c1ccc(Cl)cc1. The Hall–Kier alpha value is -1.91. The molecule has 6 heteroatoms. The minimum Gasteiger partial charge on any atom is -0.217 e. The van der Waals surface area contributed by atoms with E-state index in [1.807, 2.05) is 26.0 Å². The summed E-state index contributed by atoms with van der Waals surface area (Å²) in [5.41, 5.74) is 1.02. The smallest absolute Gasteiger partial charge is 0.186 e. The Labute approximate surface area is 143 Å². The molecule has 0 amide bonds. The fraction of sp³-hybridized carbons (Fsp3) is 0.176. The van der Waals surface area contributed by atoms with Crippen LogP contribution in [0, 0.1) is 5.82 Å². The molecule has 0 saturated heterocycles. The third-order valence-electron chi connectivity index (χ3n) is 3.41. The minimum absolute atomic E-state index is 0.109. The van der Waals surface area contributed by atoms with Gasteiger partial charge in [-0.25, -0.2) is 14.1 Å². The van der Waals surface area contributed by atoms with Crippen LogP contribution < -0.4 is 0 Å². The molecule has 0 aliphatic heterocycles. The van der Waals surface area contributed by atoms with Crippen molar-refractivity contribution in [2.75, 3.05) is 0 Å². The van der Waals surface area contributed by atoms with Gasteiger partial charge in [-0.2, -0.15) is 0 Å². The lowest BCUT2D eigenvalue weighted by Gasteiger charge is -2.07. The highest BCUT2D eigenvalue weighted by Crippen LogP contribution is 2.30. The van der Waals surface area contributed by atoms with E-state index in [2.05, 4.69) is 10.1 Å². The summed E-state index contributed by atoms with van der Waals surface area (Å²) in [7, 11) is 0. The topological polar surface area (TPSA) is 30.7 Å². The van der Waals surface area contributed by atoms with Crippen LogP contribution in [0.4, 0.5) is 4.39 Å². The lowest BCUT2D eigenvalue weighted by Crippen LogP contribution is -2.04. The molecule has 1 heterocycles. The quantitative estimate of drug-likeness (QED) is 0.624. The molecule has 0 N–H and O–H groups in total. The summed E-state index contributed by atoms with van der Waals surface area (Å²) >= 11 is 12.1. The molecule has 0 bridgehead atoms. The van der Waals surface area contributed by atoms with Gasteiger partial charge < -0.3 is 0 Å². The molecule has 118 valence electrons. The number of rotatable bonds is 3. The molecule has 3 nitrogen and oxygen atoms in total. The Morgan fingerprint density at radius 1 is 1.04 bits per heavy atom. The number of benzene rings is 2. The van der Waals surface area contributed by atoms with Gasteiger partial charge in [0, 0.05) is 10.9 Å². The Morgan fingerprint density at radius 2 is 1.74 bits per heavy atom. The van der Waals surface area contributed by atoms with E-state index in [-0.39, 0.29) is 22.3 Å². The van der Waals surface area contributed by atoms with Crippen molar-refractivity contribution in [3.63, 3.8) is 0 Å². The van der Waals surface area contributed by atoms with Crippen LogP contribution in [-0.4, -0.2) is 14.8 Å². The normalized spacial score (nSPS) is 11.2. The Bertz CT molecular complexity index is 821. The van der Waals surface area contributed by atoms with Crippen molar-refractivity contribution in [3.8, 4) is 17.1 Å². The largest absolute Gasteiger partial charge is 0.217 e. The standard InChI is InChI=1S/C17H14Cl2FN3/c1-10(2)17-21-16(15-13(19)4-3-5-14(15)20)22-23(17)12-8-6-11(18)7-9-12/h3-10H,1-2H3. The van der Waals surface area contributed by atoms with E-state index >= 15 is 0 Å². The summed E-state index contributed by atoms with van der Waals surface area (Å²) in [6.45, 7) is 4.01. The highest BCUT2D eigenvalue weighted by molar-refractivity contribution is 6.33. The fourth-order valence-corrected chi connectivity index (χ4v) is 2.66. The van der Waals surface area contributed by atoms with E-state index in [0.29, 0.717) is 5.02 Å². The summed E-state index contributed by atoms with van der Waals surface area (Å²) in [4.78, 5) is 4.49. The predicted octanol–water partition coefficient (Wildman–Crippen LogP) is 5.50. The van der Waals surface area contributed by atoms with Gasteiger partial charge in [-0.3, -0.25) is 0 Å². The molecule has 0 aliphatic carbocycles. The number of aromatic nitrogens is 3. The van der Waals surface area contributed by atoms with Crippen molar-refractivity contribution < 1.29 is 4.39 Å². The zero-order valence-corrected chi connectivity index (χ0v) is 14.1. The van der Waals surface area contributed by atoms with Gasteiger partial charge in [-0.05, 0) is 36.4 Å². The fourth-order valence-electron chi connectivity index (χ4n) is 2.29. The summed E-state index contributed by atoms with van der Waals surface area (Å²) in [6, 6.07) is 11.8. The van der Waals surface area contributed by atoms with Crippen LogP contribution in [0.5, 0.6) is 0 Å². The van der Waals surface area contributed by atoms with Crippen molar-refractivity contribution in [2.45, 2.75) is 19.8 Å². The first-order valence-corrected chi connectivity index (χ1v) is 7.90. The summed E-state index contributed by atoms with van der Waals surface area (Å²) in [5.74, 6) is 0.659. The highest BCUT2D eigenvalue weighted by atomic mass is 35.5. The average molecular weight is 350 g/mol. The zero-order chi connectivity index (χ0) is 16.6. The molecule has 0 atom stereocenters. The molecule has 0 saturated carbocycles. The highest BCUT2D eigenvalue weighted by Gasteiger charge is 2.20. The van der Waals surface area contributed by atoms with Crippen LogP contribution in [-0.2, 0) is 0 Å². The second-order valence-electron chi connectivity index (χ2n) is 5.43. The molecule has 3 rings (SSSR count). The van der Waals surface area contributed by atoms with Crippen molar-refractivity contribution >= 4 is 23.2 Å². The molecule has 0 spiro atoms. The molecular formula is C17H14Cl2FN3. The third kappa shape index (κ3) is 3.09. The first-order chi connectivity index (χ1) is 11.0. The molecule has 1 aromatic heterocycles. The summed E-state index contributed by atoms with van der Waals surface area (Å²) < 4.78 is 15.8. The lowest BCUT2D eigenvalue weighted by atomic mass is 10.2. The molecule has 0 radical (unpaired) electrons. The molecule has 0 unspecified atom stereocenters. The van der Waals surface area contributed by atoms with Crippen LogP contribution >= 0.6 is 23.2 Å². The lowest BCUT2D eigenvalue weighted by molar-refractivity contribution is 0.630.